The fraction of sp³-hybridized carbons (Fsp3) is 0.833. The number of nitrogens with one attached hydrogen (secondary N) is 1. The van der Waals surface area contributed by atoms with Gasteiger partial charge in [0, 0.05) is 19.0 Å². The van der Waals surface area contributed by atoms with Crippen LogP contribution in [0.25, 0.3) is 0 Å². The van der Waals surface area contributed by atoms with Crippen LogP contribution in [0, 0.1) is 0 Å². The number of amides is 3. The molecule has 17 heavy (non-hydrogen) atoms. The molecule has 5 heteroatoms. The highest BCUT2D eigenvalue weighted by molar-refractivity contribution is 5.93. The standard InChI is InChI=1S/C12H25N3O2/c1-4-5-6-8-15(10(2)3)9-7-11(16)14-12(13)17/h10H,4-9H2,1-3H3,(H3,13,14,16,17). The van der Waals surface area contributed by atoms with Crippen molar-refractivity contribution in [3.8, 4) is 0 Å². The number of carbonyl (C=O) groups is 2. The predicted octanol–water partition coefficient (Wildman–Crippen LogP) is 1.47. The summed E-state index contributed by atoms with van der Waals surface area (Å²) < 4.78 is 0. The normalized spacial score (nSPS) is 10.9. The maximum absolute atomic E-state index is 11.3. The van der Waals surface area contributed by atoms with Crippen LogP contribution in [-0.4, -0.2) is 36.0 Å². The first-order chi connectivity index (χ1) is 7.97. The van der Waals surface area contributed by atoms with Crippen molar-refractivity contribution >= 4 is 11.9 Å². The number of unbranched alkanes of at least 4 members (excludes halogenated alkanes) is 2. The molecule has 0 bridgehead atoms. The van der Waals surface area contributed by atoms with Crippen LogP contribution in [-0.2, 0) is 4.79 Å². The van der Waals surface area contributed by atoms with Gasteiger partial charge in [0.05, 0.1) is 0 Å². The minimum absolute atomic E-state index is 0.307. The van der Waals surface area contributed by atoms with Crippen molar-refractivity contribution in [1.29, 1.82) is 0 Å². The molecule has 0 aliphatic carbocycles. The summed E-state index contributed by atoms with van der Waals surface area (Å²) in [7, 11) is 0. The van der Waals surface area contributed by atoms with E-state index >= 15 is 0 Å². The molecule has 0 saturated carbocycles. The summed E-state index contributed by atoms with van der Waals surface area (Å²) in [4.78, 5) is 24.0. The van der Waals surface area contributed by atoms with E-state index in [-0.39, 0.29) is 5.91 Å². The zero-order valence-electron chi connectivity index (χ0n) is 11.2. The lowest BCUT2D eigenvalue weighted by molar-refractivity contribution is -0.120. The molecular weight excluding hydrogens is 218 g/mol. The Balaban J connectivity index is 3.91. The number of nitrogens with zero attached hydrogens (tertiary/aromatic N) is 1. The van der Waals surface area contributed by atoms with Gasteiger partial charge in [-0.3, -0.25) is 10.1 Å². The van der Waals surface area contributed by atoms with Crippen LogP contribution in [0.15, 0.2) is 0 Å². The second-order valence-corrected chi connectivity index (χ2v) is 4.50. The van der Waals surface area contributed by atoms with Crippen molar-refractivity contribution in [1.82, 2.24) is 10.2 Å². The Morgan fingerprint density at radius 2 is 1.88 bits per heavy atom. The highest BCUT2D eigenvalue weighted by Crippen LogP contribution is 2.04. The highest BCUT2D eigenvalue weighted by atomic mass is 16.2. The number of imide groups is 1. The van der Waals surface area contributed by atoms with Gasteiger partial charge in [-0.2, -0.15) is 0 Å². The highest BCUT2D eigenvalue weighted by Gasteiger charge is 2.11. The van der Waals surface area contributed by atoms with Gasteiger partial charge in [0.1, 0.15) is 0 Å². The summed E-state index contributed by atoms with van der Waals surface area (Å²) in [6.07, 6.45) is 3.85. The molecule has 0 fully saturated rings. The van der Waals surface area contributed by atoms with Crippen molar-refractivity contribution in [2.45, 2.75) is 52.5 Å². The van der Waals surface area contributed by atoms with Crippen molar-refractivity contribution in [2.75, 3.05) is 13.1 Å². The molecule has 0 aromatic rings. The molecular formula is C12H25N3O2. The second kappa shape index (κ2) is 8.98. The van der Waals surface area contributed by atoms with Crippen LogP contribution < -0.4 is 11.1 Å². The smallest absolute Gasteiger partial charge is 0.318 e. The topological polar surface area (TPSA) is 75.4 Å². The van der Waals surface area contributed by atoms with Gasteiger partial charge >= 0.3 is 6.03 Å². The third kappa shape index (κ3) is 8.68. The maximum Gasteiger partial charge on any atom is 0.318 e. The maximum atomic E-state index is 11.3. The van der Waals surface area contributed by atoms with E-state index in [4.69, 9.17) is 5.73 Å². The Hall–Kier alpha value is -1.10. The average molecular weight is 243 g/mol. The third-order valence-electron chi connectivity index (χ3n) is 2.67. The lowest BCUT2D eigenvalue weighted by Gasteiger charge is -2.26. The summed E-state index contributed by atoms with van der Waals surface area (Å²) in [5, 5.41) is 2.08. The monoisotopic (exact) mass is 243 g/mol. The number of carbonyl (C=O) groups excluding carboxylic acids is 2. The Morgan fingerprint density at radius 3 is 2.35 bits per heavy atom. The molecule has 0 spiro atoms. The average Bonchev–Trinajstić information content (AvgIpc) is 2.21. The summed E-state index contributed by atoms with van der Waals surface area (Å²) in [6.45, 7) is 8.05. The van der Waals surface area contributed by atoms with E-state index in [0.717, 1.165) is 13.0 Å². The lowest BCUT2D eigenvalue weighted by atomic mass is 10.2. The van der Waals surface area contributed by atoms with Crippen LogP contribution in [0.2, 0.25) is 0 Å². The molecule has 0 rings (SSSR count). The zero-order chi connectivity index (χ0) is 13.3. The van der Waals surface area contributed by atoms with Crippen LogP contribution in [0.4, 0.5) is 4.79 Å². The van der Waals surface area contributed by atoms with E-state index in [9.17, 15) is 9.59 Å². The molecule has 3 N–H and O–H groups in total. The van der Waals surface area contributed by atoms with Crippen molar-refractivity contribution < 1.29 is 9.59 Å². The van der Waals surface area contributed by atoms with Gasteiger partial charge in [-0.25, -0.2) is 4.79 Å². The number of urea groups is 1. The van der Waals surface area contributed by atoms with Gasteiger partial charge in [-0.1, -0.05) is 19.8 Å². The molecule has 0 aromatic carbocycles. The summed E-state index contributed by atoms with van der Waals surface area (Å²) >= 11 is 0. The first-order valence-corrected chi connectivity index (χ1v) is 6.30. The fourth-order valence-corrected chi connectivity index (χ4v) is 1.64. The van der Waals surface area contributed by atoms with E-state index in [0.29, 0.717) is 19.0 Å². The molecule has 3 amide bonds. The Morgan fingerprint density at radius 1 is 1.24 bits per heavy atom. The molecule has 0 aromatic heterocycles. The van der Waals surface area contributed by atoms with Gasteiger partial charge in [0.15, 0.2) is 0 Å². The molecule has 0 unspecified atom stereocenters. The predicted molar refractivity (Wildman–Crippen MR) is 68.6 cm³/mol. The van der Waals surface area contributed by atoms with Gasteiger partial charge < -0.3 is 10.6 Å². The van der Waals surface area contributed by atoms with E-state index in [1.807, 2.05) is 0 Å². The number of rotatable bonds is 8. The quantitative estimate of drug-likeness (QED) is 0.634. The lowest BCUT2D eigenvalue weighted by Crippen LogP contribution is -2.39. The molecule has 0 atom stereocenters. The molecule has 5 nitrogen and oxygen atoms in total. The fourth-order valence-electron chi connectivity index (χ4n) is 1.64. The molecule has 0 saturated heterocycles. The largest absolute Gasteiger partial charge is 0.351 e. The van der Waals surface area contributed by atoms with Gasteiger partial charge in [-0.05, 0) is 26.8 Å². The first kappa shape index (κ1) is 15.9. The minimum atomic E-state index is -0.780. The van der Waals surface area contributed by atoms with E-state index in [1.54, 1.807) is 0 Å². The Kier molecular flexibility index (Phi) is 8.40. The zero-order valence-corrected chi connectivity index (χ0v) is 11.2. The third-order valence-corrected chi connectivity index (χ3v) is 2.67. The summed E-state index contributed by atoms with van der Waals surface area (Å²) in [6, 6.07) is -0.370. The molecule has 100 valence electrons. The summed E-state index contributed by atoms with van der Waals surface area (Å²) in [5.41, 5.74) is 4.87. The van der Waals surface area contributed by atoms with Gasteiger partial charge in [0.2, 0.25) is 5.91 Å². The first-order valence-electron chi connectivity index (χ1n) is 6.30. The van der Waals surface area contributed by atoms with Crippen molar-refractivity contribution in [3.63, 3.8) is 0 Å². The van der Waals surface area contributed by atoms with E-state index < -0.39 is 6.03 Å². The summed E-state index contributed by atoms with van der Waals surface area (Å²) in [5.74, 6) is -0.307. The SMILES string of the molecule is CCCCCN(CCC(=O)NC(N)=O)C(C)C. The van der Waals surface area contributed by atoms with Crippen molar-refractivity contribution in [2.24, 2.45) is 5.73 Å². The number of nitrogens with two attached hydrogens (primary N) is 1. The number of hydrogen-bond donors (Lipinski definition) is 2. The van der Waals surface area contributed by atoms with Crippen LogP contribution >= 0.6 is 0 Å². The molecule has 0 radical (unpaired) electrons. The molecule has 0 aliphatic heterocycles. The Bertz CT molecular complexity index is 242. The van der Waals surface area contributed by atoms with Gasteiger partial charge in [-0.15, -0.1) is 0 Å². The van der Waals surface area contributed by atoms with Crippen LogP contribution in [0.3, 0.4) is 0 Å². The van der Waals surface area contributed by atoms with Crippen molar-refractivity contribution in [3.05, 3.63) is 0 Å². The Labute approximate surface area is 104 Å². The minimum Gasteiger partial charge on any atom is -0.351 e. The van der Waals surface area contributed by atoms with E-state index in [1.165, 1.54) is 12.8 Å². The second-order valence-electron chi connectivity index (χ2n) is 4.50. The van der Waals surface area contributed by atoms with Crippen LogP contribution in [0.5, 0.6) is 0 Å². The van der Waals surface area contributed by atoms with Gasteiger partial charge in [0.25, 0.3) is 0 Å². The number of hydrogen-bond acceptors (Lipinski definition) is 3. The van der Waals surface area contributed by atoms with Crippen LogP contribution in [0.1, 0.15) is 46.5 Å². The molecule has 0 heterocycles. The molecule has 0 aliphatic rings. The number of primary amides is 1. The van der Waals surface area contributed by atoms with E-state index in [2.05, 4.69) is 31.0 Å².